The largest absolute Gasteiger partial charge is 0.497 e. The van der Waals surface area contributed by atoms with Crippen molar-refractivity contribution in [3.8, 4) is 11.5 Å². The van der Waals surface area contributed by atoms with Crippen molar-refractivity contribution < 1.29 is 41.4 Å². The molecule has 2 fully saturated rings. The zero-order chi connectivity index (χ0) is 44.3. The van der Waals surface area contributed by atoms with E-state index in [0.717, 1.165) is 16.7 Å². The van der Waals surface area contributed by atoms with E-state index in [-0.39, 0.29) is 47.0 Å². The van der Waals surface area contributed by atoms with Gasteiger partial charge in [0.05, 0.1) is 27.4 Å². The molecule has 2 aliphatic rings. The summed E-state index contributed by atoms with van der Waals surface area (Å²) in [5.74, 6) is 1.24. The van der Waals surface area contributed by atoms with Gasteiger partial charge in [0, 0.05) is 6.20 Å². The number of aromatic nitrogens is 2. The Labute approximate surface area is 362 Å². The molecule has 0 bridgehead atoms. The minimum Gasteiger partial charge on any atom is -0.497 e. The van der Waals surface area contributed by atoms with Gasteiger partial charge >= 0.3 is 22.8 Å². The Hall–Kier alpha value is -4.20. The summed E-state index contributed by atoms with van der Waals surface area (Å²) in [7, 11) is -3.20. The van der Waals surface area contributed by atoms with Crippen molar-refractivity contribution in [2.24, 2.45) is 0 Å². The molecule has 1 aromatic heterocycles. The second-order valence-electron chi connectivity index (χ2n) is 17.1. The fraction of sp³-hybridized carbons (Fsp3) is 0.500. The van der Waals surface area contributed by atoms with E-state index in [9.17, 15) is 9.59 Å². The van der Waals surface area contributed by atoms with Gasteiger partial charge in [0.1, 0.15) is 47.3 Å². The molecule has 0 amide bonds. The van der Waals surface area contributed by atoms with Gasteiger partial charge < -0.3 is 42.4 Å². The normalized spacial score (nSPS) is 22.6. The highest BCUT2D eigenvalue weighted by Gasteiger charge is 2.65. The van der Waals surface area contributed by atoms with Crippen LogP contribution in [0.3, 0.4) is 0 Å². The van der Waals surface area contributed by atoms with Crippen LogP contribution >= 0.6 is 0 Å². The average molecular weight is 874 g/mol. The Morgan fingerprint density at radius 1 is 0.738 bits per heavy atom. The number of nitrogens with zero attached hydrogens (tertiary/aromatic N) is 2. The van der Waals surface area contributed by atoms with Crippen LogP contribution in [0.4, 0.5) is 5.82 Å². The number of Topliss-reactive ketones (excluding diaryl/α,β-unsaturated/α-hetero) is 1. The minimum absolute atomic E-state index is 0.0227. The second kappa shape index (κ2) is 19.0. The summed E-state index contributed by atoms with van der Waals surface area (Å²) < 4.78 is 55.4. The quantitative estimate of drug-likeness (QED) is 0.0659. The maximum Gasteiger partial charge on any atom is 0.351 e. The van der Waals surface area contributed by atoms with E-state index in [1.165, 1.54) is 23.8 Å². The minimum atomic E-state index is -3.26. The van der Waals surface area contributed by atoms with Gasteiger partial charge in [-0.25, -0.2) is 4.79 Å². The molecule has 13 nitrogen and oxygen atoms in total. The zero-order valence-corrected chi connectivity index (χ0v) is 39.3. The fourth-order valence-corrected chi connectivity index (χ4v) is 20.3. The first kappa shape index (κ1) is 46.3. The lowest BCUT2D eigenvalue weighted by molar-refractivity contribution is -0.141. The fourth-order valence-electron chi connectivity index (χ4n) is 8.96. The molecule has 0 saturated carbocycles. The molecule has 5 atom stereocenters. The van der Waals surface area contributed by atoms with Crippen molar-refractivity contribution in [3.05, 3.63) is 118 Å². The molecule has 2 saturated heterocycles. The number of fused-ring (bicyclic) bond motifs is 1. The van der Waals surface area contributed by atoms with Crippen molar-refractivity contribution in [3.63, 3.8) is 0 Å². The molecular weight excluding hydrogens is 811 g/mol. The van der Waals surface area contributed by atoms with E-state index < -0.39 is 59.1 Å². The van der Waals surface area contributed by atoms with Crippen molar-refractivity contribution in [2.45, 2.75) is 121 Å². The number of methoxy groups -OCH3 is 2. The smallest absolute Gasteiger partial charge is 0.351 e. The predicted molar refractivity (Wildman–Crippen MR) is 238 cm³/mol. The van der Waals surface area contributed by atoms with Crippen LogP contribution in [0.15, 0.2) is 95.9 Å². The zero-order valence-electron chi connectivity index (χ0n) is 37.3. The van der Waals surface area contributed by atoms with Crippen LogP contribution in [0.2, 0.25) is 22.2 Å². The van der Waals surface area contributed by atoms with Gasteiger partial charge in [-0.3, -0.25) is 9.36 Å². The molecular formula is C46H63N3O10Si2. The first-order valence-electron chi connectivity index (χ1n) is 21.2. The van der Waals surface area contributed by atoms with Crippen LogP contribution in [-0.2, 0) is 37.6 Å². The maximum absolute atomic E-state index is 13.8. The van der Waals surface area contributed by atoms with E-state index in [2.05, 4.69) is 60.4 Å². The van der Waals surface area contributed by atoms with Gasteiger partial charge in [-0.05, 0) is 76.1 Å². The van der Waals surface area contributed by atoms with Gasteiger partial charge in [-0.2, -0.15) is 4.98 Å². The number of ether oxygens (including phenoxy) is 5. The Balaban J connectivity index is 1.45. The lowest BCUT2D eigenvalue weighted by atomic mass is 9.80. The molecule has 61 heavy (non-hydrogen) atoms. The first-order valence-corrected chi connectivity index (χ1v) is 25.1. The van der Waals surface area contributed by atoms with E-state index in [1.807, 2.05) is 78.9 Å². The molecule has 330 valence electrons. The first-order chi connectivity index (χ1) is 29.0. The SMILES string of the molecule is COc1ccc(C(OCCO[C@@H]2[C@@H]3O[Si](C(C)C)(C(C)C)O[Si](C(C)C)(C(C)C)OC(C(C)=O)[C@H]3O[C@H]2n2ccc(N)nc2=O)(c2ccccc2)c2ccc(OC)cc2)cc1. The van der Waals surface area contributed by atoms with Crippen molar-refractivity contribution in [1.82, 2.24) is 9.55 Å². The van der Waals surface area contributed by atoms with Gasteiger partial charge in [-0.15, -0.1) is 0 Å². The molecule has 0 aliphatic carbocycles. The van der Waals surface area contributed by atoms with Gasteiger partial charge in [0.2, 0.25) is 0 Å². The van der Waals surface area contributed by atoms with Crippen LogP contribution in [0.5, 0.6) is 11.5 Å². The Bertz CT molecular complexity index is 2070. The van der Waals surface area contributed by atoms with Crippen LogP contribution in [0.1, 0.15) is 85.2 Å². The number of nitrogen functional groups attached to an aromatic ring is 1. The monoisotopic (exact) mass is 873 g/mol. The van der Waals surface area contributed by atoms with E-state index in [0.29, 0.717) is 11.5 Å². The molecule has 1 unspecified atom stereocenters. The third-order valence-electron chi connectivity index (χ3n) is 12.1. The maximum atomic E-state index is 13.8. The summed E-state index contributed by atoms with van der Waals surface area (Å²) in [5, 5.41) is 0. The topological polar surface area (TPSA) is 152 Å². The van der Waals surface area contributed by atoms with E-state index in [1.54, 1.807) is 14.2 Å². The number of rotatable bonds is 16. The number of hydrogen-bond acceptors (Lipinski definition) is 12. The lowest BCUT2D eigenvalue weighted by Crippen LogP contribution is -2.68. The Morgan fingerprint density at radius 3 is 1.72 bits per heavy atom. The number of ketones is 1. The molecule has 3 aromatic carbocycles. The summed E-state index contributed by atoms with van der Waals surface area (Å²) in [6.45, 7) is 18.5. The Morgan fingerprint density at radius 2 is 1.25 bits per heavy atom. The summed E-state index contributed by atoms with van der Waals surface area (Å²) >= 11 is 0. The number of carbonyl (C=O) groups is 1. The highest BCUT2D eigenvalue weighted by atomic mass is 28.5. The second-order valence-corrected chi connectivity index (χ2v) is 25.9. The Kier molecular flexibility index (Phi) is 14.5. The number of anilines is 1. The predicted octanol–water partition coefficient (Wildman–Crippen LogP) is 8.05. The molecule has 0 radical (unpaired) electrons. The highest BCUT2D eigenvalue weighted by molar-refractivity contribution is 6.84. The molecule has 4 aromatic rings. The van der Waals surface area contributed by atoms with Crippen LogP contribution < -0.4 is 20.9 Å². The van der Waals surface area contributed by atoms with Crippen LogP contribution in [0, 0.1) is 0 Å². The highest BCUT2D eigenvalue weighted by Crippen LogP contribution is 2.50. The molecule has 3 heterocycles. The number of benzene rings is 3. The third-order valence-corrected chi connectivity index (χ3v) is 22.4. The van der Waals surface area contributed by atoms with E-state index in [4.69, 9.17) is 42.4 Å². The van der Waals surface area contributed by atoms with Crippen molar-refractivity contribution in [1.29, 1.82) is 0 Å². The van der Waals surface area contributed by atoms with Gasteiger partial charge in [0.15, 0.2) is 12.0 Å². The summed E-state index contributed by atoms with van der Waals surface area (Å²) in [6.07, 6.45) is -3.36. The number of hydrogen-bond donors (Lipinski definition) is 1. The number of carbonyl (C=O) groups excluding carboxylic acids is 1. The summed E-state index contributed by atoms with van der Waals surface area (Å²) in [6, 6.07) is 27.1. The lowest BCUT2D eigenvalue weighted by Gasteiger charge is -2.52. The van der Waals surface area contributed by atoms with Crippen LogP contribution in [0.25, 0.3) is 0 Å². The average Bonchev–Trinajstić information content (AvgIpc) is 3.56. The number of nitrogens with two attached hydrogens (primary N) is 1. The standard InChI is InChI=1S/C46H63N3O10Si2/c1-29(2)60(30(3)4)57-40(33(9)50)41-42(58-61(59-60,31(5)6)32(7)8)43(44(56-41)49-26-25-39(47)48-45(49)51)54-27-28-55-46(34-15-13-12-14-16-34,35-17-21-37(52-10)22-18-35)36-19-23-38(53-11)24-20-36/h12-26,29-32,40-44H,27-28H2,1-11H3,(H2,47,48,51)/t40?,41-,42-,43-,44-/m1/s1. The summed E-state index contributed by atoms with van der Waals surface area (Å²) in [5.41, 5.74) is 6.74. The molecule has 0 spiro atoms. The van der Waals surface area contributed by atoms with Crippen molar-refractivity contribution >= 4 is 28.7 Å². The third kappa shape index (κ3) is 8.89. The van der Waals surface area contributed by atoms with Crippen molar-refractivity contribution in [2.75, 3.05) is 33.2 Å². The molecule has 2 aliphatic heterocycles. The molecule has 6 rings (SSSR count). The molecule has 2 N–H and O–H groups in total. The molecule has 15 heteroatoms. The van der Waals surface area contributed by atoms with Crippen LogP contribution in [-0.4, -0.2) is 84.3 Å². The summed E-state index contributed by atoms with van der Waals surface area (Å²) in [4.78, 5) is 31.5. The van der Waals surface area contributed by atoms with Gasteiger partial charge in [-0.1, -0.05) is 110 Å². The van der Waals surface area contributed by atoms with E-state index >= 15 is 0 Å². The van der Waals surface area contributed by atoms with Gasteiger partial charge in [0.25, 0.3) is 0 Å².